The number of benzene rings is 2. The Morgan fingerprint density at radius 2 is 1.81 bits per heavy atom. The Hall–Kier alpha value is -0.450. The summed E-state index contributed by atoms with van der Waals surface area (Å²) in [5.74, 6) is 0. The Balaban J connectivity index is 0.00000220. The summed E-state index contributed by atoms with van der Waals surface area (Å²) in [7, 11) is 0. The van der Waals surface area contributed by atoms with Crippen LogP contribution in [-0.4, -0.2) is 13.1 Å². The topological polar surface area (TPSA) is 29.3 Å². The number of para-hydroxylation sites is 1. The predicted molar refractivity (Wildman–Crippen MR) is 98.0 cm³/mol. The molecule has 2 N–H and O–H groups in total. The highest BCUT2D eigenvalue weighted by atomic mass is 79.9. The molecule has 2 nitrogen and oxygen atoms in total. The number of anilines is 1. The molecule has 0 aliphatic heterocycles. The average molecular weight is 411 g/mol. The number of hydrogen-bond acceptors (Lipinski definition) is 2. The summed E-state index contributed by atoms with van der Waals surface area (Å²) < 4.78 is 1.02. The highest BCUT2D eigenvalue weighted by Crippen LogP contribution is 2.29. The number of nitrogens with two attached hydrogens (primary N) is 1. The molecule has 2 rings (SSSR count). The van der Waals surface area contributed by atoms with Crippen LogP contribution >= 0.6 is 51.5 Å². The van der Waals surface area contributed by atoms with Crippen LogP contribution in [0.25, 0.3) is 0 Å². The minimum absolute atomic E-state index is 0. The van der Waals surface area contributed by atoms with E-state index in [4.69, 9.17) is 28.9 Å². The van der Waals surface area contributed by atoms with Gasteiger partial charge in [-0.3, -0.25) is 0 Å². The lowest BCUT2D eigenvalue weighted by atomic mass is 10.2. The summed E-state index contributed by atoms with van der Waals surface area (Å²) in [6.45, 7) is 1.98. The Bertz CT molecular complexity index is 593. The van der Waals surface area contributed by atoms with Crippen LogP contribution in [0, 0.1) is 0 Å². The van der Waals surface area contributed by atoms with Crippen LogP contribution in [0.2, 0.25) is 10.0 Å². The summed E-state index contributed by atoms with van der Waals surface area (Å²) in [4.78, 5) is 2.15. The predicted octanol–water partition coefficient (Wildman–Crippen LogP) is 5.14. The van der Waals surface area contributed by atoms with Crippen molar-refractivity contribution in [1.82, 2.24) is 0 Å². The van der Waals surface area contributed by atoms with Gasteiger partial charge in [-0.2, -0.15) is 0 Å². The fourth-order valence-electron chi connectivity index (χ4n) is 2.02. The third-order valence-corrected chi connectivity index (χ3v) is 4.29. The van der Waals surface area contributed by atoms with Crippen molar-refractivity contribution in [2.24, 2.45) is 5.73 Å². The fourth-order valence-corrected chi connectivity index (χ4v) is 2.84. The molecule has 0 aliphatic rings. The van der Waals surface area contributed by atoms with Crippen LogP contribution in [-0.2, 0) is 6.54 Å². The van der Waals surface area contributed by atoms with E-state index in [1.807, 2.05) is 42.5 Å². The van der Waals surface area contributed by atoms with Crippen molar-refractivity contribution in [3.8, 4) is 0 Å². The molecular weight excluding hydrogens is 394 g/mol. The SMILES string of the molecule is Cl.NCCN(Cc1cc(Cl)ccc1Br)c1ccccc1Cl. The molecule has 0 radical (unpaired) electrons. The maximum Gasteiger partial charge on any atom is 0.0639 e. The Morgan fingerprint density at radius 1 is 1.10 bits per heavy atom. The van der Waals surface area contributed by atoms with Gasteiger partial charge in [-0.05, 0) is 35.9 Å². The Kier molecular flexibility index (Phi) is 7.85. The third-order valence-electron chi connectivity index (χ3n) is 2.96. The van der Waals surface area contributed by atoms with Gasteiger partial charge in [0, 0.05) is 29.1 Å². The summed E-state index contributed by atoms with van der Waals surface area (Å²) in [5.41, 5.74) is 7.80. The first-order chi connectivity index (χ1) is 9.61. The van der Waals surface area contributed by atoms with Crippen LogP contribution in [0.4, 0.5) is 5.69 Å². The molecule has 0 spiro atoms. The van der Waals surface area contributed by atoms with Crippen molar-refractivity contribution >= 4 is 57.2 Å². The molecule has 0 fully saturated rings. The van der Waals surface area contributed by atoms with Gasteiger partial charge in [-0.1, -0.05) is 51.3 Å². The number of nitrogens with zero attached hydrogens (tertiary/aromatic N) is 1. The van der Waals surface area contributed by atoms with Gasteiger partial charge < -0.3 is 10.6 Å². The molecule has 0 bridgehead atoms. The summed E-state index contributed by atoms with van der Waals surface area (Å²) >= 11 is 15.9. The zero-order valence-corrected chi connectivity index (χ0v) is 15.1. The summed E-state index contributed by atoms with van der Waals surface area (Å²) in [6, 6.07) is 13.5. The molecule has 0 heterocycles. The highest BCUT2D eigenvalue weighted by molar-refractivity contribution is 9.10. The van der Waals surface area contributed by atoms with Gasteiger partial charge in [-0.25, -0.2) is 0 Å². The second-order valence-corrected chi connectivity index (χ2v) is 6.10. The van der Waals surface area contributed by atoms with Crippen LogP contribution in [0.15, 0.2) is 46.9 Å². The van der Waals surface area contributed by atoms with Crippen LogP contribution in [0.3, 0.4) is 0 Å². The normalized spacial score (nSPS) is 10.1. The number of halogens is 4. The van der Waals surface area contributed by atoms with E-state index in [0.717, 1.165) is 32.3 Å². The first kappa shape index (κ1) is 18.6. The second-order valence-electron chi connectivity index (χ2n) is 4.40. The first-order valence-electron chi connectivity index (χ1n) is 6.25. The van der Waals surface area contributed by atoms with Crippen molar-refractivity contribution in [3.63, 3.8) is 0 Å². The quantitative estimate of drug-likeness (QED) is 0.739. The molecule has 6 heteroatoms. The lowest BCUT2D eigenvalue weighted by Crippen LogP contribution is -2.29. The molecule has 0 saturated carbocycles. The van der Waals surface area contributed by atoms with E-state index < -0.39 is 0 Å². The van der Waals surface area contributed by atoms with Crippen molar-refractivity contribution in [3.05, 3.63) is 62.5 Å². The number of rotatable bonds is 5. The largest absolute Gasteiger partial charge is 0.365 e. The fraction of sp³-hybridized carbons (Fsp3) is 0.200. The molecule has 114 valence electrons. The van der Waals surface area contributed by atoms with Gasteiger partial charge in [0.1, 0.15) is 0 Å². The molecule has 21 heavy (non-hydrogen) atoms. The van der Waals surface area contributed by atoms with Gasteiger partial charge in [0.2, 0.25) is 0 Å². The third kappa shape index (κ3) is 5.04. The van der Waals surface area contributed by atoms with E-state index in [1.54, 1.807) is 0 Å². The highest BCUT2D eigenvalue weighted by Gasteiger charge is 2.12. The Morgan fingerprint density at radius 3 is 2.48 bits per heavy atom. The van der Waals surface area contributed by atoms with Crippen molar-refractivity contribution in [2.45, 2.75) is 6.54 Å². The van der Waals surface area contributed by atoms with Gasteiger partial charge in [0.15, 0.2) is 0 Å². The minimum Gasteiger partial charge on any atom is -0.365 e. The molecule has 0 atom stereocenters. The van der Waals surface area contributed by atoms with E-state index in [9.17, 15) is 0 Å². The van der Waals surface area contributed by atoms with E-state index in [-0.39, 0.29) is 12.4 Å². The van der Waals surface area contributed by atoms with E-state index in [1.165, 1.54) is 0 Å². The van der Waals surface area contributed by atoms with Crippen LogP contribution < -0.4 is 10.6 Å². The van der Waals surface area contributed by atoms with Gasteiger partial charge in [0.05, 0.1) is 10.7 Å². The van der Waals surface area contributed by atoms with Crippen LogP contribution in [0.1, 0.15) is 5.56 Å². The van der Waals surface area contributed by atoms with Gasteiger partial charge in [-0.15, -0.1) is 12.4 Å². The van der Waals surface area contributed by atoms with Gasteiger partial charge in [0.25, 0.3) is 0 Å². The standard InChI is InChI=1S/C15H15BrCl2N2.ClH/c16-13-6-5-12(17)9-11(13)10-20(8-7-19)15-4-2-1-3-14(15)18;/h1-6,9H,7-8,10,19H2;1H. The molecule has 2 aromatic carbocycles. The molecule has 0 aliphatic carbocycles. The van der Waals surface area contributed by atoms with Crippen molar-refractivity contribution in [2.75, 3.05) is 18.0 Å². The zero-order valence-electron chi connectivity index (χ0n) is 11.2. The second kappa shape index (κ2) is 8.86. The van der Waals surface area contributed by atoms with E-state index >= 15 is 0 Å². The maximum atomic E-state index is 6.27. The smallest absolute Gasteiger partial charge is 0.0639 e. The molecular formula is C15H16BrCl3N2. The molecule has 0 saturated heterocycles. The summed E-state index contributed by atoms with van der Waals surface area (Å²) in [5, 5.41) is 1.44. The van der Waals surface area contributed by atoms with E-state index in [0.29, 0.717) is 13.1 Å². The molecule has 2 aromatic rings. The number of hydrogen-bond donors (Lipinski definition) is 1. The monoisotopic (exact) mass is 408 g/mol. The first-order valence-corrected chi connectivity index (χ1v) is 7.80. The lowest BCUT2D eigenvalue weighted by Gasteiger charge is -2.26. The molecule has 0 unspecified atom stereocenters. The summed E-state index contributed by atoms with van der Waals surface area (Å²) in [6.07, 6.45) is 0. The van der Waals surface area contributed by atoms with Crippen molar-refractivity contribution < 1.29 is 0 Å². The van der Waals surface area contributed by atoms with Gasteiger partial charge >= 0.3 is 0 Å². The Labute approximate surface area is 149 Å². The molecule has 0 aromatic heterocycles. The van der Waals surface area contributed by atoms with E-state index in [2.05, 4.69) is 20.8 Å². The average Bonchev–Trinajstić information content (AvgIpc) is 2.43. The van der Waals surface area contributed by atoms with Crippen LogP contribution in [0.5, 0.6) is 0 Å². The zero-order chi connectivity index (χ0) is 14.5. The maximum absolute atomic E-state index is 6.27. The molecule has 0 amide bonds. The lowest BCUT2D eigenvalue weighted by molar-refractivity contribution is 0.788. The van der Waals surface area contributed by atoms with Crippen molar-refractivity contribution in [1.29, 1.82) is 0 Å². The minimum atomic E-state index is 0.